The van der Waals surface area contributed by atoms with Crippen LogP contribution >= 0.6 is 0 Å². The van der Waals surface area contributed by atoms with E-state index < -0.39 is 35.1 Å². The minimum Gasteiger partial charge on any atom is -0.507 e. The lowest BCUT2D eigenvalue weighted by molar-refractivity contribution is -0.132. The first-order valence-electron chi connectivity index (χ1n) is 8.75. The fourth-order valence-electron chi connectivity index (χ4n) is 3.39. The molecule has 1 fully saturated rings. The Labute approximate surface area is 164 Å². The molecule has 2 aromatic carbocycles. The van der Waals surface area contributed by atoms with E-state index in [1.807, 2.05) is 0 Å². The second kappa shape index (κ2) is 7.01. The van der Waals surface area contributed by atoms with Crippen LogP contribution in [0.4, 0.5) is 14.5 Å². The Kier molecular flexibility index (Phi) is 4.50. The van der Waals surface area contributed by atoms with Crippen LogP contribution in [0.15, 0.2) is 70.9 Å². The Morgan fingerprint density at radius 2 is 1.86 bits per heavy atom. The van der Waals surface area contributed by atoms with E-state index >= 15 is 0 Å². The first kappa shape index (κ1) is 18.6. The number of carbonyl (C=O) groups is 2. The maximum absolute atomic E-state index is 13.8. The molecule has 2 heterocycles. The normalized spacial score (nSPS) is 18.4. The van der Waals surface area contributed by atoms with Gasteiger partial charge in [-0.15, -0.1) is 0 Å². The number of halogens is 2. The molecule has 5 nitrogen and oxygen atoms in total. The van der Waals surface area contributed by atoms with E-state index in [9.17, 15) is 23.5 Å². The van der Waals surface area contributed by atoms with Crippen molar-refractivity contribution in [2.75, 3.05) is 4.90 Å². The van der Waals surface area contributed by atoms with Gasteiger partial charge >= 0.3 is 0 Å². The number of hydrogen-bond donors (Lipinski definition) is 1. The Morgan fingerprint density at radius 1 is 1.07 bits per heavy atom. The number of rotatable bonds is 3. The van der Waals surface area contributed by atoms with E-state index in [2.05, 4.69) is 0 Å². The number of aliphatic hydroxyl groups excluding tert-OH is 1. The molecule has 0 spiro atoms. The molecule has 7 heteroatoms. The molecule has 1 amide bonds. The smallest absolute Gasteiger partial charge is 0.300 e. The molecule has 0 saturated carbocycles. The van der Waals surface area contributed by atoms with Gasteiger partial charge in [0.15, 0.2) is 0 Å². The van der Waals surface area contributed by atoms with E-state index in [1.54, 1.807) is 12.1 Å². The molecule has 1 N–H and O–H groups in total. The summed E-state index contributed by atoms with van der Waals surface area (Å²) in [6.07, 6.45) is 1.36. The lowest BCUT2D eigenvalue weighted by Crippen LogP contribution is -2.29. The summed E-state index contributed by atoms with van der Waals surface area (Å²) in [5, 5.41) is 10.9. The van der Waals surface area contributed by atoms with Gasteiger partial charge in [0, 0.05) is 11.3 Å². The number of furan rings is 1. The van der Waals surface area contributed by atoms with Gasteiger partial charge in [0.1, 0.15) is 29.2 Å². The van der Waals surface area contributed by atoms with Crippen molar-refractivity contribution in [2.45, 2.75) is 13.0 Å². The molecule has 0 aliphatic carbocycles. The van der Waals surface area contributed by atoms with E-state index in [-0.39, 0.29) is 28.1 Å². The van der Waals surface area contributed by atoms with Gasteiger partial charge in [0.05, 0.1) is 11.8 Å². The highest BCUT2D eigenvalue weighted by atomic mass is 19.1. The Bertz CT molecular complexity index is 1150. The summed E-state index contributed by atoms with van der Waals surface area (Å²) in [5.41, 5.74) is 0.365. The topological polar surface area (TPSA) is 70.8 Å². The number of benzene rings is 2. The van der Waals surface area contributed by atoms with Crippen LogP contribution in [-0.2, 0) is 9.59 Å². The molecule has 1 aromatic heterocycles. The third kappa shape index (κ3) is 3.10. The molecule has 0 radical (unpaired) electrons. The molecule has 4 rings (SSSR count). The SMILES string of the molecule is Cc1cc(/C(O)=C2/C(=O)C(=O)N(c3cccc(F)c3)C2c2ccco2)ccc1F. The van der Waals surface area contributed by atoms with E-state index in [0.29, 0.717) is 0 Å². The third-order valence-electron chi connectivity index (χ3n) is 4.77. The summed E-state index contributed by atoms with van der Waals surface area (Å²) in [6.45, 7) is 1.52. The number of amides is 1. The highest BCUT2D eigenvalue weighted by molar-refractivity contribution is 6.51. The summed E-state index contributed by atoms with van der Waals surface area (Å²) in [7, 11) is 0. The van der Waals surface area contributed by atoms with Crippen LogP contribution in [0, 0.1) is 18.6 Å². The van der Waals surface area contributed by atoms with Gasteiger partial charge in [-0.2, -0.15) is 0 Å². The minimum atomic E-state index is -1.10. The Hall–Kier alpha value is -3.74. The van der Waals surface area contributed by atoms with Crippen molar-refractivity contribution in [2.24, 2.45) is 0 Å². The number of aliphatic hydroxyl groups is 1. The maximum Gasteiger partial charge on any atom is 0.300 e. The fourth-order valence-corrected chi connectivity index (χ4v) is 3.39. The standard InChI is InChI=1S/C22H15F2NO4/c1-12-10-13(7-8-16(12)24)20(26)18-19(17-6-3-9-29-17)25(22(28)21(18)27)15-5-2-4-14(23)11-15/h2-11,19,26H,1H3/b20-18-. The Balaban J connectivity index is 1.94. The predicted molar refractivity (Wildman–Crippen MR) is 101 cm³/mol. The van der Waals surface area contributed by atoms with Crippen LogP contribution in [-0.4, -0.2) is 16.8 Å². The average molecular weight is 395 g/mol. The van der Waals surface area contributed by atoms with Crippen molar-refractivity contribution in [3.63, 3.8) is 0 Å². The number of carbonyl (C=O) groups excluding carboxylic acids is 2. The van der Waals surface area contributed by atoms with Gasteiger partial charge in [-0.25, -0.2) is 8.78 Å². The molecule has 1 saturated heterocycles. The quantitative estimate of drug-likeness (QED) is 0.403. The highest BCUT2D eigenvalue weighted by Gasteiger charge is 2.48. The monoisotopic (exact) mass is 395 g/mol. The molecule has 29 heavy (non-hydrogen) atoms. The molecule has 1 unspecified atom stereocenters. The number of nitrogens with zero attached hydrogens (tertiary/aromatic N) is 1. The summed E-state index contributed by atoms with van der Waals surface area (Å²) in [5.74, 6) is -3.19. The maximum atomic E-state index is 13.8. The number of ketones is 1. The van der Waals surface area contributed by atoms with Gasteiger partial charge in [0.25, 0.3) is 11.7 Å². The number of Topliss-reactive ketones (excluding diaryl/α,β-unsaturated/α-hetero) is 1. The van der Waals surface area contributed by atoms with Gasteiger partial charge in [-0.1, -0.05) is 6.07 Å². The minimum absolute atomic E-state index is 0.142. The van der Waals surface area contributed by atoms with Gasteiger partial charge in [0.2, 0.25) is 0 Å². The van der Waals surface area contributed by atoms with Crippen molar-refractivity contribution in [3.05, 3.63) is 95.0 Å². The first-order chi connectivity index (χ1) is 13.9. The lowest BCUT2D eigenvalue weighted by Gasteiger charge is -2.23. The molecule has 1 aliphatic rings. The highest BCUT2D eigenvalue weighted by Crippen LogP contribution is 2.42. The zero-order valence-corrected chi connectivity index (χ0v) is 15.2. The molecule has 3 aromatic rings. The summed E-state index contributed by atoms with van der Waals surface area (Å²) in [6, 6.07) is 11.1. The van der Waals surface area contributed by atoms with Crippen LogP contribution in [0.1, 0.15) is 22.9 Å². The van der Waals surface area contributed by atoms with Crippen LogP contribution in [0.5, 0.6) is 0 Å². The third-order valence-corrected chi connectivity index (χ3v) is 4.77. The Morgan fingerprint density at radius 3 is 2.52 bits per heavy atom. The van der Waals surface area contributed by atoms with E-state index in [1.165, 1.54) is 43.5 Å². The fraction of sp³-hybridized carbons (Fsp3) is 0.0909. The van der Waals surface area contributed by atoms with Crippen molar-refractivity contribution >= 4 is 23.1 Å². The predicted octanol–water partition coefficient (Wildman–Crippen LogP) is 4.49. The summed E-state index contributed by atoms with van der Waals surface area (Å²) in [4.78, 5) is 26.7. The van der Waals surface area contributed by atoms with E-state index in [0.717, 1.165) is 17.0 Å². The molecular weight excluding hydrogens is 380 g/mol. The lowest BCUT2D eigenvalue weighted by atomic mass is 9.98. The van der Waals surface area contributed by atoms with Crippen molar-refractivity contribution in [3.8, 4) is 0 Å². The molecule has 146 valence electrons. The van der Waals surface area contributed by atoms with Crippen LogP contribution in [0.3, 0.4) is 0 Å². The zero-order chi connectivity index (χ0) is 20.7. The van der Waals surface area contributed by atoms with Crippen molar-refractivity contribution < 1.29 is 27.9 Å². The average Bonchev–Trinajstić information content (AvgIpc) is 3.31. The van der Waals surface area contributed by atoms with Crippen LogP contribution < -0.4 is 4.90 Å². The molecule has 1 atom stereocenters. The number of hydrogen-bond acceptors (Lipinski definition) is 4. The number of aryl methyl sites for hydroxylation is 1. The van der Waals surface area contributed by atoms with Crippen molar-refractivity contribution in [1.82, 2.24) is 0 Å². The van der Waals surface area contributed by atoms with Gasteiger partial charge in [-0.3, -0.25) is 14.5 Å². The van der Waals surface area contributed by atoms with E-state index in [4.69, 9.17) is 4.42 Å². The second-order valence-corrected chi connectivity index (χ2v) is 6.63. The molecule has 1 aliphatic heterocycles. The second-order valence-electron chi connectivity index (χ2n) is 6.63. The largest absolute Gasteiger partial charge is 0.507 e. The first-order valence-corrected chi connectivity index (χ1v) is 8.75. The number of anilines is 1. The summed E-state index contributed by atoms with van der Waals surface area (Å²) < 4.78 is 32.8. The van der Waals surface area contributed by atoms with Gasteiger partial charge in [-0.05, 0) is 61.0 Å². The van der Waals surface area contributed by atoms with Crippen LogP contribution in [0.2, 0.25) is 0 Å². The zero-order valence-electron chi connectivity index (χ0n) is 15.2. The van der Waals surface area contributed by atoms with Crippen molar-refractivity contribution in [1.29, 1.82) is 0 Å². The molecule has 0 bridgehead atoms. The summed E-state index contributed by atoms with van der Waals surface area (Å²) >= 11 is 0. The van der Waals surface area contributed by atoms with Gasteiger partial charge < -0.3 is 9.52 Å². The van der Waals surface area contributed by atoms with Crippen LogP contribution in [0.25, 0.3) is 5.76 Å². The molecular formula is C22H15F2NO4.